The van der Waals surface area contributed by atoms with Crippen LogP contribution in [0.5, 0.6) is 0 Å². The first-order valence-corrected chi connectivity index (χ1v) is 8.02. The van der Waals surface area contributed by atoms with E-state index >= 15 is 0 Å². The molecule has 1 N–H and O–H groups in total. The van der Waals surface area contributed by atoms with Crippen LogP contribution >= 0.6 is 0 Å². The lowest BCUT2D eigenvalue weighted by atomic mass is 10.3. The van der Waals surface area contributed by atoms with Gasteiger partial charge in [-0.15, -0.1) is 0 Å². The molecule has 2 aromatic rings. The molecule has 0 unspecified atom stereocenters. The Morgan fingerprint density at radius 2 is 2.00 bits per heavy atom. The predicted octanol–water partition coefficient (Wildman–Crippen LogP) is 1.89. The Bertz CT molecular complexity index is 591. The van der Waals surface area contributed by atoms with Gasteiger partial charge in [0.2, 0.25) is 0 Å². The zero-order valence-electron chi connectivity index (χ0n) is 12.3. The maximum Gasteiger partial charge on any atom is 0.164 e. The lowest BCUT2D eigenvalue weighted by Crippen LogP contribution is -2.16. The normalized spacial score (nSPS) is 19.4. The highest BCUT2D eigenvalue weighted by Gasteiger charge is 2.21. The molecular weight excluding hydrogens is 264 g/mol. The lowest BCUT2D eigenvalue weighted by molar-refractivity contribution is 0.460. The summed E-state index contributed by atoms with van der Waals surface area (Å²) in [5.41, 5.74) is 1.06. The minimum Gasteiger partial charge on any atom is -0.307 e. The summed E-state index contributed by atoms with van der Waals surface area (Å²) < 4.78 is 4.01. The van der Waals surface area contributed by atoms with Crippen LogP contribution in [0.3, 0.4) is 0 Å². The van der Waals surface area contributed by atoms with Gasteiger partial charge in [0.1, 0.15) is 6.33 Å². The highest BCUT2D eigenvalue weighted by molar-refractivity contribution is 5.01. The van der Waals surface area contributed by atoms with Gasteiger partial charge in [-0.05, 0) is 31.7 Å². The first-order chi connectivity index (χ1) is 10.4. The van der Waals surface area contributed by atoms with E-state index in [1.807, 2.05) is 4.68 Å². The van der Waals surface area contributed by atoms with E-state index in [0.717, 1.165) is 18.1 Å². The SMILES string of the molecule is c1cn(C2CCCC2)nc1Cn1cnc(CNC2CC2)n1. The summed E-state index contributed by atoms with van der Waals surface area (Å²) in [6, 6.07) is 3.40. The van der Waals surface area contributed by atoms with E-state index in [1.54, 1.807) is 6.33 Å². The first kappa shape index (κ1) is 13.0. The molecule has 0 radical (unpaired) electrons. The van der Waals surface area contributed by atoms with Gasteiger partial charge in [-0.3, -0.25) is 4.68 Å². The van der Waals surface area contributed by atoms with Crippen molar-refractivity contribution in [3.05, 3.63) is 30.1 Å². The van der Waals surface area contributed by atoms with Gasteiger partial charge < -0.3 is 5.32 Å². The Balaban J connectivity index is 1.36. The molecule has 2 aliphatic rings. The second kappa shape index (κ2) is 5.60. The summed E-state index contributed by atoms with van der Waals surface area (Å²) >= 11 is 0. The van der Waals surface area contributed by atoms with E-state index < -0.39 is 0 Å². The van der Waals surface area contributed by atoms with Gasteiger partial charge >= 0.3 is 0 Å². The smallest absolute Gasteiger partial charge is 0.164 e. The van der Waals surface area contributed by atoms with Crippen molar-refractivity contribution in [2.75, 3.05) is 0 Å². The zero-order chi connectivity index (χ0) is 14.1. The number of hydrogen-bond donors (Lipinski definition) is 1. The molecule has 4 rings (SSSR count). The molecule has 2 aliphatic carbocycles. The van der Waals surface area contributed by atoms with Gasteiger partial charge in [-0.2, -0.15) is 10.2 Å². The van der Waals surface area contributed by atoms with Gasteiger partial charge in [0.15, 0.2) is 5.82 Å². The van der Waals surface area contributed by atoms with Gasteiger partial charge in [0, 0.05) is 12.2 Å². The van der Waals surface area contributed by atoms with Gasteiger partial charge in [-0.25, -0.2) is 9.67 Å². The van der Waals surface area contributed by atoms with Crippen LogP contribution in [0.2, 0.25) is 0 Å². The average molecular weight is 286 g/mol. The van der Waals surface area contributed by atoms with Crippen molar-refractivity contribution in [2.24, 2.45) is 0 Å². The molecule has 2 saturated carbocycles. The van der Waals surface area contributed by atoms with Gasteiger partial charge in [0.05, 0.1) is 24.8 Å². The van der Waals surface area contributed by atoms with Crippen molar-refractivity contribution in [1.82, 2.24) is 29.9 Å². The summed E-state index contributed by atoms with van der Waals surface area (Å²) in [5.74, 6) is 0.872. The molecule has 6 heteroatoms. The Labute approximate surface area is 124 Å². The Morgan fingerprint density at radius 3 is 2.81 bits per heavy atom. The maximum atomic E-state index is 4.69. The second-order valence-electron chi connectivity index (χ2n) is 6.24. The predicted molar refractivity (Wildman–Crippen MR) is 78.7 cm³/mol. The molecule has 6 nitrogen and oxygen atoms in total. The van der Waals surface area contributed by atoms with Crippen molar-refractivity contribution in [1.29, 1.82) is 0 Å². The van der Waals surface area contributed by atoms with Crippen LogP contribution in [0.1, 0.15) is 56.1 Å². The summed E-state index contributed by atoms with van der Waals surface area (Å²) in [6.45, 7) is 1.48. The van der Waals surface area contributed by atoms with Crippen molar-refractivity contribution in [3.63, 3.8) is 0 Å². The maximum absolute atomic E-state index is 4.69. The van der Waals surface area contributed by atoms with E-state index in [1.165, 1.54) is 38.5 Å². The average Bonchev–Trinajstić information content (AvgIpc) is 2.93. The Kier molecular flexibility index (Phi) is 3.47. The quantitative estimate of drug-likeness (QED) is 0.881. The number of rotatable bonds is 6. The van der Waals surface area contributed by atoms with Crippen molar-refractivity contribution >= 4 is 0 Å². The van der Waals surface area contributed by atoms with Gasteiger partial charge in [0.25, 0.3) is 0 Å². The summed E-state index contributed by atoms with van der Waals surface area (Å²) in [5, 5.41) is 12.6. The molecule has 2 aromatic heterocycles. The fourth-order valence-corrected chi connectivity index (χ4v) is 3.01. The van der Waals surface area contributed by atoms with Crippen LogP contribution in [0, 0.1) is 0 Å². The number of hydrogen-bond acceptors (Lipinski definition) is 4. The highest BCUT2D eigenvalue weighted by atomic mass is 15.4. The largest absolute Gasteiger partial charge is 0.307 e. The molecule has 0 amide bonds. The number of aromatic nitrogens is 5. The standard InChI is InChI=1S/C15H22N6/c1-2-4-14(3-1)21-8-7-13(18-21)10-20-11-17-15(19-20)9-16-12-5-6-12/h7-8,11-12,14,16H,1-6,9-10H2. The minimum absolute atomic E-state index is 0.604. The molecule has 0 aliphatic heterocycles. The molecule has 0 spiro atoms. The molecule has 112 valence electrons. The highest BCUT2D eigenvalue weighted by Crippen LogP contribution is 2.28. The Hall–Kier alpha value is -1.69. The molecule has 2 heterocycles. The Morgan fingerprint density at radius 1 is 1.14 bits per heavy atom. The van der Waals surface area contributed by atoms with Crippen molar-refractivity contribution in [3.8, 4) is 0 Å². The molecular formula is C15H22N6. The fourth-order valence-electron chi connectivity index (χ4n) is 3.01. The molecule has 0 bridgehead atoms. The monoisotopic (exact) mass is 286 g/mol. The minimum atomic E-state index is 0.604. The van der Waals surface area contributed by atoms with Crippen LogP contribution in [0.15, 0.2) is 18.6 Å². The van der Waals surface area contributed by atoms with E-state index in [0.29, 0.717) is 18.6 Å². The molecule has 2 fully saturated rings. The molecule has 0 atom stereocenters. The summed E-state index contributed by atoms with van der Waals surface area (Å²) in [4.78, 5) is 4.35. The summed E-state index contributed by atoms with van der Waals surface area (Å²) in [6.07, 6.45) is 11.7. The lowest BCUT2D eigenvalue weighted by Gasteiger charge is -2.08. The fraction of sp³-hybridized carbons (Fsp3) is 0.667. The third-order valence-corrected chi connectivity index (χ3v) is 4.40. The molecule has 0 saturated heterocycles. The second-order valence-corrected chi connectivity index (χ2v) is 6.24. The van der Waals surface area contributed by atoms with E-state index in [2.05, 4.69) is 32.3 Å². The third kappa shape index (κ3) is 3.15. The number of nitrogens with zero attached hydrogens (tertiary/aromatic N) is 5. The van der Waals surface area contributed by atoms with Crippen LogP contribution in [-0.4, -0.2) is 30.6 Å². The zero-order valence-corrected chi connectivity index (χ0v) is 12.3. The first-order valence-electron chi connectivity index (χ1n) is 8.02. The van der Waals surface area contributed by atoms with Crippen LogP contribution in [-0.2, 0) is 13.1 Å². The van der Waals surface area contributed by atoms with Crippen LogP contribution in [0.4, 0.5) is 0 Å². The van der Waals surface area contributed by atoms with Crippen LogP contribution in [0.25, 0.3) is 0 Å². The number of nitrogens with one attached hydrogen (secondary N) is 1. The summed E-state index contributed by atoms with van der Waals surface area (Å²) in [7, 11) is 0. The van der Waals surface area contributed by atoms with Gasteiger partial charge in [-0.1, -0.05) is 12.8 Å². The molecule has 21 heavy (non-hydrogen) atoms. The van der Waals surface area contributed by atoms with E-state index in [-0.39, 0.29) is 0 Å². The van der Waals surface area contributed by atoms with E-state index in [4.69, 9.17) is 5.10 Å². The topological polar surface area (TPSA) is 60.6 Å². The van der Waals surface area contributed by atoms with Crippen molar-refractivity contribution in [2.45, 2.75) is 63.7 Å². The van der Waals surface area contributed by atoms with Crippen LogP contribution < -0.4 is 5.32 Å². The third-order valence-electron chi connectivity index (χ3n) is 4.40. The van der Waals surface area contributed by atoms with E-state index in [9.17, 15) is 0 Å². The van der Waals surface area contributed by atoms with Crippen molar-refractivity contribution < 1.29 is 0 Å². The molecule has 0 aromatic carbocycles.